The summed E-state index contributed by atoms with van der Waals surface area (Å²) in [5.41, 5.74) is 6.05. The molecule has 0 spiro atoms. The van der Waals surface area contributed by atoms with Gasteiger partial charge >= 0.3 is 0 Å². The van der Waals surface area contributed by atoms with Crippen LogP contribution in [0.3, 0.4) is 0 Å². The minimum atomic E-state index is -0.475. The van der Waals surface area contributed by atoms with E-state index >= 15 is 0 Å². The molecule has 3 N–H and O–H groups in total. The van der Waals surface area contributed by atoms with Crippen LogP contribution in [0.15, 0.2) is 0 Å². The van der Waals surface area contributed by atoms with E-state index in [4.69, 9.17) is 5.73 Å². The van der Waals surface area contributed by atoms with E-state index in [9.17, 15) is 5.11 Å². The van der Waals surface area contributed by atoms with E-state index in [-0.39, 0.29) is 5.41 Å². The Kier molecular flexibility index (Phi) is 3.33. The molecule has 2 unspecified atom stereocenters. The SMILES string of the molecule is CC1CCC(O)(C2(CN)CCC(C)(C)CC2)C1. The molecule has 0 heterocycles. The standard InChI is InChI=1S/C15H29NO/c1-12-4-5-15(17,10-12)14(11-16)8-6-13(2,3)7-9-14/h12,17H,4-11,16H2,1-3H3. The van der Waals surface area contributed by atoms with E-state index in [0.29, 0.717) is 17.9 Å². The van der Waals surface area contributed by atoms with E-state index in [1.54, 1.807) is 0 Å². The summed E-state index contributed by atoms with van der Waals surface area (Å²) in [6, 6.07) is 0. The molecule has 0 aliphatic heterocycles. The van der Waals surface area contributed by atoms with Crippen molar-refractivity contribution in [1.82, 2.24) is 0 Å². The lowest BCUT2D eigenvalue weighted by Crippen LogP contribution is -2.53. The van der Waals surface area contributed by atoms with Crippen molar-refractivity contribution in [3.8, 4) is 0 Å². The summed E-state index contributed by atoms with van der Waals surface area (Å²) in [5.74, 6) is 0.665. The minimum Gasteiger partial charge on any atom is -0.389 e. The molecule has 0 aromatic rings. The van der Waals surface area contributed by atoms with Crippen molar-refractivity contribution in [2.45, 2.75) is 71.3 Å². The van der Waals surface area contributed by atoms with Crippen LogP contribution in [0.1, 0.15) is 65.7 Å². The second kappa shape index (κ2) is 4.24. The molecule has 0 aromatic heterocycles. The summed E-state index contributed by atoms with van der Waals surface area (Å²) in [7, 11) is 0. The van der Waals surface area contributed by atoms with Crippen LogP contribution in [0.4, 0.5) is 0 Å². The van der Waals surface area contributed by atoms with Crippen molar-refractivity contribution in [3.05, 3.63) is 0 Å². The van der Waals surface area contributed by atoms with Crippen LogP contribution in [0, 0.1) is 16.7 Å². The average Bonchev–Trinajstić information content (AvgIpc) is 2.61. The van der Waals surface area contributed by atoms with Gasteiger partial charge in [0.05, 0.1) is 5.60 Å². The maximum absolute atomic E-state index is 11.0. The van der Waals surface area contributed by atoms with Crippen LogP contribution in [0.5, 0.6) is 0 Å². The first-order valence-corrected chi connectivity index (χ1v) is 7.25. The highest BCUT2D eigenvalue weighted by molar-refractivity contribution is 5.06. The molecule has 0 amide bonds. The van der Waals surface area contributed by atoms with Gasteiger partial charge in [-0.25, -0.2) is 0 Å². The summed E-state index contributed by atoms with van der Waals surface area (Å²) in [6.45, 7) is 7.60. The lowest BCUT2D eigenvalue weighted by atomic mass is 9.57. The number of hydrogen-bond donors (Lipinski definition) is 2. The van der Waals surface area contributed by atoms with Crippen molar-refractivity contribution in [2.24, 2.45) is 22.5 Å². The van der Waals surface area contributed by atoms with Crippen molar-refractivity contribution >= 4 is 0 Å². The molecule has 2 atom stereocenters. The van der Waals surface area contributed by atoms with Crippen molar-refractivity contribution in [1.29, 1.82) is 0 Å². The van der Waals surface area contributed by atoms with E-state index in [1.807, 2.05) is 0 Å². The van der Waals surface area contributed by atoms with Gasteiger partial charge in [-0.05, 0) is 56.3 Å². The summed E-state index contributed by atoms with van der Waals surface area (Å²) >= 11 is 0. The lowest BCUT2D eigenvalue weighted by Gasteiger charge is -2.51. The molecular weight excluding hydrogens is 210 g/mol. The average molecular weight is 239 g/mol. The molecule has 2 saturated carbocycles. The van der Waals surface area contributed by atoms with Crippen LogP contribution in [0.2, 0.25) is 0 Å². The van der Waals surface area contributed by atoms with Gasteiger partial charge in [0.2, 0.25) is 0 Å². The number of hydrogen-bond acceptors (Lipinski definition) is 2. The maximum atomic E-state index is 11.0. The van der Waals surface area contributed by atoms with Crippen LogP contribution in [-0.4, -0.2) is 17.3 Å². The largest absolute Gasteiger partial charge is 0.389 e. The molecule has 0 bridgehead atoms. The van der Waals surface area contributed by atoms with Crippen LogP contribution in [-0.2, 0) is 0 Å². The van der Waals surface area contributed by atoms with Crippen LogP contribution < -0.4 is 5.73 Å². The zero-order chi connectivity index (χ0) is 12.7. The smallest absolute Gasteiger partial charge is 0.0718 e. The topological polar surface area (TPSA) is 46.2 Å². The molecule has 17 heavy (non-hydrogen) atoms. The molecule has 2 fully saturated rings. The van der Waals surface area contributed by atoms with Crippen molar-refractivity contribution in [2.75, 3.05) is 6.54 Å². The summed E-state index contributed by atoms with van der Waals surface area (Å²) in [5, 5.41) is 11.0. The molecule has 100 valence electrons. The molecule has 2 heteroatoms. The molecule has 0 saturated heterocycles. The van der Waals surface area contributed by atoms with E-state index in [1.165, 1.54) is 19.3 Å². The first-order valence-electron chi connectivity index (χ1n) is 7.25. The summed E-state index contributed by atoms with van der Waals surface area (Å²) in [4.78, 5) is 0. The highest BCUT2D eigenvalue weighted by atomic mass is 16.3. The van der Waals surface area contributed by atoms with Gasteiger partial charge in [-0.2, -0.15) is 0 Å². The van der Waals surface area contributed by atoms with Gasteiger partial charge in [0.15, 0.2) is 0 Å². The second-order valence-electron chi connectivity index (χ2n) is 7.53. The first kappa shape index (κ1) is 13.4. The maximum Gasteiger partial charge on any atom is 0.0718 e. The highest BCUT2D eigenvalue weighted by Crippen LogP contribution is 2.55. The minimum absolute atomic E-state index is 0.00722. The quantitative estimate of drug-likeness (QED) is 0.778. The van der Waals surface area contributed by atoms with Gasteiger partial charge in [-0.3, -0.25) is 0 Å². The molecule has 0 aromatic carbocycles. The first-order chi connectivity index (χ1) is 7.83. The molecule has 2 aliphatic carbocycles. The van der Waals surface area contributed by atoms with E-state index in [2.05, 4.69) is 20.8 Å². The Bertz CT molecular complexity index is 277. The summed E-state index contributed by atoms with van der Waals surface area (Å²) < 4.78 is 0. The van der Waals surface area contributed by atoms with Gasteiger partial charge in [0, 0.05) is 12.0 Å². The highest BCUT2D eigenvalue weighted by Gasteiger charge is 2.54. The second-order valence-corrected chi connectivity index (χ2v) is 7.53. The molecule has 2 aliphatic rings. The third-order valence-corrected chi connectivity index (χ3v) is 5.68. The number of aliphatic hydroxyl groups is 1. The molecule has 2 rings (SSSR count). The third kappa shape index (κ3) is 2.26. The van der Waals surface area contributed by atoms with Crippen LogP contribution >= 0.6 is 0 Å². The Morgan fingerprint density at radius 2 is 1.71 bits per heavy atom. The van der Waals surface area contributed by atoms with Gasteiger partial charge in [0.1, 0.15) is 0 Å². The number of nitrogens with two attached hydrogens (primary N) is 1. The lowest BCUT2D eigenvalue weighted by molar-refractivity contribution is -0.109. The Balaban J connectivity index is 2.16. The Hall–Kier alpha value is -0.0800. The Morgan fingerprint density at radius 1 is 1.12 bits per heavy atom. The molecule has 2 nitrogen and oxygen atoms in total. The Morgan fingerprint density at radius 3 is 2.12 bits per heavy atom. The molecule has 0 radical (unpaired) electrons. The van der Waals surface area contributed by atoms with Gasteiger partial charge in [-0.1, -0.05) is 20.8 Å². The number of rotatable bonds is 2. The van der Waals surface area contributed by atoms with Gasteiger partial charge in [0.25, 0.3) is 0 Å². The third-order valence-electron chi connectivity index (χ3n) is 5.68. The van der Waals surface area contributed by atoms with Crippen molar-refractivity contribution in [3.63, 3.8) is 0 Å². The predicted octanol–water partition coefficient (Wildman–Crippen LogP) is 3.08. The fourth-order valence-electron chi connectivity index (χ4n) is 4.01. The van der Waals surface area contributed by atoms with Gasteiger partial charge in [-0.15, -0.1) is 0 Å². The fourth-order valence-corrected chi connectivity index (χ4v) is 4.01. The zero-order valence-corrected chi connectivity index (χ0v) is 11.8. The Labute approximate surface area is 106 Å². The van der Waals surface area contributed by atoms with Gasteiger partial charge < -0.3 is 10.8 Å². The van der Waals surface area contributed by atoms with E-state index < -0.39 is 5.60 Å². The fraction of sp³-hybridized carbons (Fsp3) is 1.00. The monoisotopic (exact) mass is 239 g/mol. The molecular formula is C15H29NO. The van der Waals surface area contributed by atoms with Crippen molar-refractivity contribution < 1.29 is 5.11 Å². The van der Waals surface area contributed by atoms with Crippen LogP contribution in [0.25, 0.3) is 0 Å². The predicted molar refractivity (Wildman–Crippen MR) is 71.7 cm³/mol. The zero-order valence-electron chi connectivity index (χ0n) is 11.8. The summed E-state index contributed by atoms with van der Waals surface area (Å²) in [6.07, 6.45) is 7.74. The normalized spacial score (nSPS) is 40.4. The van der Waals surface area contributed by atoms with E-state index in [0.717, 1.165) is 25.7 Å².